The molecule has 3 rings (SSSR count). The number of piperidine rings is 1. The van der Waals surface area contributed by atoms with Gasteiger partial charge in [-0.1, -0.05) is 5.16 Å². The van der Waals surface area contributed by atoms with E-state index in [9.17, 15) is 13.2 Å². The molecule has 128 valence electrons. The van der Waals surface area contributed by atoms with Crippen LogP contribution in [0.3, 0.4) is 0 Å². The third-order valence-corrected chi connectivity index (χ3v) is 5.30. The Bertz CT molecular complexity index is 686. The van der Waals surface area contributed by atoms with Gasteiger partial charge in [-0.3, -0.25) is 4.79 Å². The van der Waals surface area contributed by atoms with Crippen molar-refractivity contribution in [2.45, 2.75) is 19.4 Å². The highest BCUT2D eigenvalue weighted by Gasteiger charge is 2.42. The number of likely N-dealkylation sites (tertiary alicyclic amines) is 1. The molecular formula is C14H21N3O5S. The molecule has 0 radical (unpaired) electrons. The minimum atomic E-state index is -3.22. The van der Waals surface area contributed by atoms with E-state index in [1.807, 2.05) is 0 Å². The number of aromatic nitrogens is 1. The highest BCUT2D eigenvalue weighted by molar-refractivity contribution is 7.88. The second-order valence-corrected chi connectivity index (χ2v) is 8.08. The Morgan fingerprint density at radius 2 is 2.30 bits per heavy atom. The number of aryl methyl sites for hydroxylation is 1. The Balaban J connectivity index is 1.60. The van der Waals surface area contributed by atoms with E-state index < -0.39 is 10.0 Å². The lowest BCUT2D eigenvalue weighted by Gasteiger charge is -2.35. The van der Waals surface area contributed by atoms with E-state index in [1.165, 1.54) is 6.20 Å². The largest absolute Gasteiger partial charge is 0.376 e. The molecule has 2 saturated heterocycles. The van der Waals surface area contributed by atoms with E-state index in [0.717, 1.165) is 12.7 Å². The van der Waals surface area contributed by atoms with Gasteiger partial charge in [0, 0.05) is 25.6 Å². The lowest BCUT2D eigenvalue weighted by atomic mass is 9.84. The summed E-state index contributed by atoms with van der Waals surface area (Å²) < 4.78 is 35.6. The van der Waals surface area contributed by atoms with Crippen LogP contribution in [-0.4, -0.2) is 63.0 Å². The molecule has 23 heavy (non-hydrogen) atoms. The number of nitrogens with zero attached hydrogens (tertiary/aromatic N) is 2. The van der Waals surface area contributed by atoms with Gasteiger partial charge in [-0.15, -0.1) is 0 Å². The third-order valence-electron chi connectivity index (χ3n) is 4.61. The Hall–Kier alpha value is -1.45. The summed E-state index contributed by atoms with van der Waals surface area (Å²) in [7, 11) is -3.22. The molecule has 1 N–H and O–H groups in total. The van der Waals surface area contributed by atoms with Gasteiger partial charge in [0.15, 0.2) is 0 Å². The number of rotatable bonds is 4. The Morgan fingerprint density at radius 3 is 2.96 bits per heavy atom. The molecule has 3 heterocycles. The first-order valence-corrected chi connectivity index (χ1v) is 9.51. The monoisotopic (exact) mass is 343 g/mol. The van der Waals surface area contributed by atoms with Gasteiger partial charge in [0.2, 0.25) is 10.0 Å². The molecule has 3 atom stereocenters. The van der Waals surface area contributed by atoms with Crippen molar-refractivity contribution in [1.82, 2.24) is 14.8 Å². The van der Waals surface area contributed by atoms with E-state index in [4.69, 9.17) is 9.26 Å². The zero-order valence-corrected chi connectivity index (χ0v) is 14.0. The predicted molar refractivity (Wildman–Crippen MR) is 81.3 cm³/mol. The fraction of sp³-hybridized carbons (Fsp3) is 0.714. The Labute approximate surface area is 135 Å². The number of sulfonamides is 1. The minimum Gasteiger partial charge on any atom is -0.376 e. The standard InChI is InChI=1S/C14H21N3O5S/c1-9-12(5-15-22-9)14(18)17-4-3-11-10(7-17)8-21-13(11)6-16-23(2,19)20/h5,10-11,13,16H,3-4,6-8H2,1-2H3/t10-,11-,13-/m1/s1. The van der Waals surface area contributed by atoms with Crippen molar-refractivity contribution < 1.29 is 22.5 Å². The number of nitrogens with one attached hydrogen (secondary N) is 1. The van der Waals surface area contributed by atoms with Gasteiger partial charge in [-0.2, -0.15) is 0 Å². The van der Waals surface area contributed by atoms with Crippen LogP contribution in [0.5, 0.6) is 0 Å². The highest BCUT2D eigenvalue weighted by Crippen LogP contribution is 2.34. The predicted octanol–water partition coefficient (Wildman–Crippen LogP) is 0.00932. The lowest BCUT2D eigenvalue weighted by Crippen LogP contribution is -2.46. The number of carbonyl (C=O) groups is 1. The van der Waals surface area contributed by atoms with E-state index in [-0.39, 0.29) is 23.8 Å². The summed E-state index contributed by atoms with van der Waals surface area (Å²) in [4.78, 5) is 14.3. The molecule has 0 aliphatic carbocycles. The van der Waals surface area contributed by atoms with Crippen LogP contribution in [0.2, 0.25) is 0 Å². The van der Waals surface area contributed by atoms with Crippen molar-refractivity contribution in [3.63, 3.8) is 0 Å². The summed E-state index contributed by atoms with van der Waals surface area (Å²) in [5.74, 6) is 0.964. The molecule has 2 aliphatic heterocycles. The van der Waals surface area contributed by atoms with Crippen LogP contribution in [0.1, 0.15) is 22.5 Å². The molecule has 1 aromatic heterocycles. The average molecular weight is 343 g/mol. The zero-order valence-electron chi connectivity index (χ0n) is 13.2. The van der Waals surface area contributed by atoms with Crippen LogP contribution in [0.25, 0.3) is 0 Å². The molecule has 2 fully saturated rings. The molecule has 9 heteroatoms. The van der Waals surface area contributed by atoms with Crippen molar-refractivity contribution in [2.24, 2.45) is 11.8 Å². The maximum atomic E-state index is 12.5. The quantitative estimate of drug-likeness (QED) is 0.826. The number of fused-ring (bicyclic) bond motifs is 1. The normalized spacial score (nSPS) is 27.9. The maximum Gasteiger partial charge on any atom is 0.259 e. The molecular weight excluding hydrogens is 322 g/mol. The van der Waals surface area contributed by atoms with Gasteiger partial charge in [0.25, 0.3) is 5.91 Å². The molecule has 0 bridgehead atoms. The molecule has 8 nitrogen and oxygen atoms in total. The van der Waals surface area contributed by atoms with Gasteiger partial charge in [-0.25, -0.2) is 13.1 Å². The maximum absolute atomic E-state index is 12.5. The first-order valence-electron chi connectivity index (χ1n) is 7.62. The SMILES string of the molecule is Cc1oncc1C(=O)N1CC[C@@H]2[C@@H](CO[C@@H]2CNS(C)(=O)=O)C1. The van der Waals surface area contributed by atoms with Gasteiger partial charge in [-0.05, 0) is 19.3 Å². The van der Waals surface area contributed by atoms with Crippen LogP contribution < -0.4 is 4.72 Å². The van der Waals surface area contributed by atoms with Crippen LogP contribution in [-0.2, 0) is 14.8 Å². The second kappa shape index (κ2) is 6.21. The topological polar surface area (TPSA) is 102 Å². The van der Waals surface area contributed by atoms with Gasteiger partial charge in [0.1, 0.15) is 11.3 Å². The second-order valence-electron chi connectivity index (χ2n) is 6.25. The van der Waals surface area contributed by atoms with E-state index in [2.05, 4.69) is 9.88 Å². The minimum absolute atomic E-state index is 0.0695. The van der Waals surface area contributed by atoms with Crippen LogP contribution in [0.15, 0.2) is 10.7 Å². The van der Waals surface area contributed by atoms with Gasteiger partial charge in [0.05, 0.1) is 25.2 Å². The van der Waals surface area contributed by atoms with E-state index in [0.29, 0.717) is 37.6 Å². The fourth-order valence-electron chi connectivity index (χ4n) is 3.39. The molecule has 1 aromatic rings. The Kier molecular flexibility index (Phi) is 4.43. The van der Waals surface area contributed by atoms with E-state index in [1.54, 1.807) is 11.8 Å². The van der Waals surface area contributed by atoms with Crippen LogP contribution in [0, 0.1) is 18.8 Å². The smallest absolute Gasteiger partial charge is 0.259 e. The fourth-order valence-corrected chi connectivity index (χ4v) is 3.86. The van der Waals surface area contributed by atoms with Gasteiger partial charge >= 0.3 is 0 Å². The number of amides is 1. The van der Waals surface area contributed by atoms with Crippen LogP contribution in [0.4, 0.5) is 0 Å². The third kappa shape index (κ3) is 3.56. The summed E-state index contributed by atoms with van der Waals surface area (Å²) in [5.41, 5.74) is 0.498. The average Bonchev–Trinajstić information content (AvgIpc) is 3.09. The van der Waals surface area contributed by atoms with Crippen LogP contribution >= 0.6 is 0 Å². The summed E-state index contributed by atoms with van der Waals surface area (Å²) in [6.45, 7) is 3.80. The highest BCUT2D eigenvalue weighted by atomic mass is 32.2. The van der Waals surface area contributed by atoms with Crippen molar-refractivity contribution in [3.05, 3.63) is 17.5 Å². The van der Waals surface area contributed by atoms with Crippen molar-refractivity contribution in [3.8, 4) is 0 Å². The molecule has 0 unspecified atom stereocenters. The molecule has 2 aliphatic rings. The zero-order chi connectivity index (χ0) is 16.6. The van der Waals surface area contributed by atoms with Gasteiger partial charge < -0.3 is 14.2 Å². The number of carbonyl (C=O) groups excluding carboxylic acids is 1. The summed E-state index contributed by atoms with van der Waals surface area (Å²) in [6.07, 6.45) is 3.27. The van der Waals surface area contributed by atoms with E-state index >= 15 is 0 Å². The Morgan fingerprint density at radius 1 is 1.52 bits per heavy atom. The molecule has 0 aromatic carbocycles. The van der Waals surface area contributed by atoms with Crippen molar-refractivity contribution in [1.29, 1.82) is 0 Å². The molecule has 0 saturated carbocycles. The van der Waals surface area contributed by atoms with Crippen molar-refractivity contribution >= 4 is 15.9 Å². The summed E-state index contributed by atoms with van der Waals surface area (Å²) >= 11 is 0. The molecule has 1 amide bonds. The first-order chi connectivity index (χ1) is 10.8. The summed E-state index contributed by atoms with van der Waals surface area (Å²) in [6, 6.07) is 0. The number of hydrogen-bond acceptors (Lipinski definition) is 6. The number of hydrogen-bond donors (Lipinski definition) is 1. The first kappa shape index (κ1) is 16.4. The summed E-state index contributed by atoms with van der Waals surface area (Å²) in [5, 5.41) is 3.65. The lowest BCUT2D eigenvalue weighted by molar-refractivity contribution is 0.0615. The number of ether oxygens (including phenoxy) is 1. The molecule has 0 spiro atoms. The van der Waals surface area contributed by atoms with Crippen molar-refractivity contribution in [2.75, 3.05) is 32.5 Å².